The number of pyridine rings is 1. The van der Waals surface area contributed by atoms with E-state index in [4.69, 9.17) is 20.4 Å². The SMILES string of the molecule is COc1cc(C(=O)N2C[C@H](N)C[C@@H](F)C2)cc2nc(-c3cc4ccc(-c5cc(F)c(CS(C)(=O)=O)cc5F)nc4n3CC3CC3)n(C)c12. The Morgan fingerprint density at radius 2 is 1.83 bits per heavy atom. The Morgan fingerprint density at radius 1 is 1.06 bits per heavy atom. The summed E-state index contributed by atoms with van der Waals surface area (Å²) in [6.07, 6.45) is 2.07. The van der Waals surface area contributed by atoms with Crippen LogP contribution in [-0.2, 0) is 29.2 Å². The zero-order valence-electron chi connectivity index (χ0n) is 26.7. The fraction of sp³-hybridized carbons (Fsp3) is 0.382. The topological polar surface area (TPSA) is 125 Å². The number of rotatable bonds is 8. The van der Waals surface area contributed by atoms with Crippen LogP contribution in [0.4, 0.5) is 13.2 Å². The number of methoxy groups -OCH3 is 1. The number of halogens is 3. The third kappa shape index (κ3) is 6.02. The van der Waals surface area contributed by atoms with Crippen molar-refractivity contribution < 1.29 is 31.1 Å². The minimum absolute atomic E-state index is 0.0298. The highest BCUT2D eigenvalue weighted by Crippen LogP contribution is 2.38. The van der Waals surface area contributed by atoms with Gasteiger partial charge in [-0.1, -0.05) is 0 Å². The van der Waals surface area contributed by atoms with Crippen molar-refractivity contribution in [3.05, 3.63) is 65.2 Å². The quantitative estimate of drug-likeness (QED) is 0.244. The summed E-state index contributed by atoms with van der Waals surface area (Å²) in [5, 5.41) is 0.765. The molecule has 2 atom stereocenters. The molecule has 1 saturated heterocycles. The second kappa shape index (κ2) is 11.9. The first-order valence-electron chi connectivity index (χ1n) is 15.7. The van der Waals surface area contributed by atoms with E-state index in [9.17, 15) is 22.0 Å². The summed E-state index contributed by atoms with van der Waals surface area (Å²) in [5.41, 5.74) is 8.66. The molecule has 0 unspecified atom stereocenters. The van der Waals surface area contributed by atoms with Gasteiger partial charge in [0.15, 0.2) is 15.7 Å². The summed E-state index contributed by atoms with van der Waals surface area (Å²) in [4.78, 5) is 24.6. The van der Waals surface area contributed by atoms with Crippen LogP contribution in [0.2, 0.25) is 0 Å². The lowest BCUT2D eigenvalue weighted by Gasteiger charge is -2.33. The largest absolute Gasteiger partial charge is 0.494 e. The summed E-state index contributed by atoms with van der Waals surface area (Å²) in [5.74, 6) is -1.14. The molecule has 2 aliphatic rings. The summed E-state index contributed by atoms with van der Waals surface area (Å²) in [7, 11) is -0.213. The van der Waals surface area contributed by atoms with Gasteiger partial charge in [-0.05, 0) is 67.6 Å². The molecule has 7 rings (SSSR count). The lowest BCUT2D eigenvalue weighted by Crippen LogP contribution is -2.50. The number of aromatic nitrogens is 4. The number of ether oxygens (including phenoxy) is 1. The van der Waals surface area contributed by atoms with E-state index in [-0.39, 0.29) is 42.2 Å². The number of imidazole rings is 1. The maximum Gasteiger partial charge on any atom is 0.254 e. The van der Waals surface area contributed by atoms with Gasteiger partial charge in [0, 0.05) is 54.5 Å². The molecule has 5 aromatic rings. The number of amides is 1. The zero-order chi connectivity index (χ0) is 34.1. The van der Waals surface area contributed by atoms with Crippen LogP contribution in [-0.4, -0.2) is 77.0 Å². The standard InChI is InChI=1S/C34H35F3N6O4S/c1-41-31-28(9-20(11-30(31)47-2)34(44)42-15-22(35)12-23(38)16-42)40-33(41)29-10-19-6-7-27(39-32(19)43(29)14-18-4-5-18)24-13-25(36)21(8-26(24)37)17-48(3,45)46/h6-11,13,18,22-23H,4-5,12,14-17,38H2,1-3H3/t22-,23-/m1/s1. The summed E-state index contributed by atoms with van der Waals surface area (Å²) in [6.45, 7) is 0.853. The summed E-state index contributed by atoms with van der Waals surface area (Å²) < 4.78 is 77.5. The number of nitrogens with two attached hydrogens (primary N) is 1. The van der Waals surface area contributed by atoms with E-state index in [1.807, 2.05) is 22.2 Å². The Labute approximate surface area is 275 Å². The van der Waals surface area contributed by atoms with Crippen molar-refractivity contribution in [2.75, 3.05) is 26.5 Å². The number of nitrogens with zero attached hydrogens (tertiary/aromatic N) is 5. The number of fused-ring (bicyclic) bond motifs is 2. The van der Waals surface area contributed by atoms with Crippen LogP contribution in [0.15, 0.2) is 42.5 Å². The number of sulfone groups is 1. The van der Waals surface area contributed by atoms with E-state index in [1.54, 1.807) is 24.3 Å². The Bertz CT molecular complexity index is 2200. The van der Waals surface area contributed by atoms with Crippen LogP contribution in [0.1, 0.15) is 35.2 Å². The van der Waals surface area contributed by atoms with Gasteiger partial charge in [0.05, 0.1) is 36.3 Å². The van der Waals surface area contributed by atoms with Gasteiger partial charge in [-0.3, -0.25) is 4.79 Å². The van der Waals surface area contributed by atoms with E-state index < -0.39 is 39.4 Å². The van der Waals surface area contributed by atoms with Crippen molar-refractivity contribution in [3.63, 3.8) is 0 Å². The van der Waals surface area contributed by atoms with E-state index in [1.165, 1.54) is 12.0 Å². The summed E-state index contributed by atoms with van der Waals surface area (Å²) >= 11 is 0. The van der Waals surface area contributed by atoms with Crippen LogP contribution in [0.5, 0.6) is 5.75 Å². The lowest BCUT2D eigenvalue weighted by atomic mass is 10.0. The first kappa shape index (κ1) is 32.1. The minimum Gasteiger partial charge on any atom is -0.494 e. The summed E-state index contributed by atoms with van der Waals surface area (Å²) in [6, 6.07) is 10.1. The predicted molar refractivity (Wildman–Crippen MR) is 176 cm³/mol. The molecule has 0 radical (unpaired) electrons. The molecular formula is C34H35F3N6O4S. The predicted octanol–water partition coefficient (Wildman–Crippen LogP) is 5.01. The molecule has 0 bridgehead atoms. The molecule has 2 fully saturated rings. The van der Waals surface area contributed by atoms with E-state index in [0.29, 0.717) is 46.3 Å². The molecule has 2 N–H and O–H groups in total. The molecule has 10 nitrogen and oxygen atoms in total. The second-order valence-corrected chi connectivity index (χ2v) is 15.2. The fourth-order valence-electron chi connectivity index (χ4n) is 6.62. The number of hydrogen-bond acceptors (Lipinski definition) is 7. The Kier molecular flexibility index (Phi) is 7.98. The smallest absolute Gasteiger partial charge is 0.254 e. The number of benzene rings is 2. The molecule has 1 aliphatic carbocycles. The number of hydrogen-bond donors (Lipinski definition) is 1. The number of alkyl halides is 1. The number of carbonyl (C=O) groups is 1. The van der Waals surface area contributed by atoms with E-state index in [2.05, 4.69) is 0 Å². The van der Waals surface area contributed by atoms with Crippen molar-refractivity contribution in [1.29, 1.82) is 0 Å². The maximum atomic E-state index is 15.3. The van der Waals surface area contributed by atoms with Crippen molar-refractivity contribution >= 4 is 37.8 Å². The highest BCUT2D eigenvalue weighted by molar-refractivity contribution is 7.89. The van der Waals surface area contributed by atoms with Crippen molar-refractivity contribution in [2.24, 2.45) is 18.7 Å². The van der Waals surface area contributed by atoms with Crippen LogP contribution >= 0.6 is 0 Å². The fourth-order valence-corrected chi connectivity index (χ4v) is 7.41. The second-order valence-electron chi connectivity index (χ2n) is 13.0. The van der Waals surface area contributed by atoms with Crippen LogP contribution in [0, 0.1) is 17.6 Å². The average molecular weight is 681 g/mol. The molecule has 4 heterocycles. The molecule has 252 valence electrons. The van der Waals surface area contributed by atoms with E-state index in [0.717, 1.165) is 42.3 Å². The highest BCUT2D eigenvalue weighted by Gasteiger charge is 2.31. The third-order valence-corrected chi connectivity index (χ3v) is 9.90. The number of likely N-dealkylation sites (tertiary alicyclic amines) is 1. The lowest BCUT2D eigenvalue weighted by molar-refractivity contribution is 0.0606. The molecule has 48 heavy (non-hydrogen) atoms. The molecule has 0 spiro atoms. The highest BCUT2D eigenvalue weighted by atomic mass is 32.2. The van der Waals surface area contributed by atoms with E-state index >= 15 is 4.39 Å². The number of piperidine rings is 1. The first-order chi connectivity index (χ1) is 22.8. The Hall–Kier alpha value is -4.43. The van der Waals surface area contributed by atoms with Gasteiger partial charge in [-0.25, -0.2) is 31.6 Å². The van der Waals surface area contributed by atoms with Crippen LogP contribution in [0.3, 0.4) is 0 Å². The van der Waals surface area contributed by atoms with Crippen molar-refractivity contribution in [2.45, 2.75) is 43.8 Å². The molecule has 14 heteroatoms. The molecule has 3 aromatic heterocycles. The van der Waals surface area contributed by atoms with Gasteiger partial charge in [0.1, 0.15) is 34.7 Å². The van der Waals surface area contributed by atoms with Gasteiger partial charge < -0.3 is 24.5 Å². The van der Waals surface area contributed by atoms with Gasteiger partial charge >= 0.3 is 0 Å². The number of carbonyl (C=O) groups excluding carboxylic acids is 1. The molecule has 2 aromatic carbocycles. The maximum absolute atomic E-state index is 15.3. The van der Waals surface area contributed by atoms with Gasteiger partial charge in [0.2, 0.25) is 0 Å². The third-order valence-electron chi connectivity index (χ3n) is 9.06. The van der Waals surface area contributed by atoms with Crippen molar-refractivity contribution in [3.8, 4) is 28.5 Å². The normalized spacial score (nSPS) is 18.6. The molecule has 1 aliphatic heterocycles. The Balaban J connectivity index is 1.32. The zero-order valence-corrected chi connectivity index (χ0v) is 27.5. The van der Waals surface area contributed by atoms with Crippen LogP contribution in [0.25, 0.3) is 44.8 Å². The monoisotopic (exact) mass is 680 g/mol. The molecule has 1 amide bonds. The first-order valence-corrected chi connectivity index (χ1v) is 17.8. The van der Waals surface area contributed by atoms with Crippen LogP contribution < -0.4 is 10.5 Å². The number of aryl methyl sites for hydroxylation is 1. The van der Waals surface area contributed by atoms with Gasteiger partial charge in [-0.2, -0.15) is 0 Å². The average Bonchev–Trinajstić information content (AvgIpc) is 3.69. The molecule has 1 saturated carbocycles. The Morgan fingerprint density at radius 3 is 2.52 bits per heavy atom. The van der Waals surface area contributed by atoms with Gasteiger partial charge in [-0.15, -0.1) is 0 Å². The minimum atomic E-state index is -3.57. The van der Waals surface area contributed by atoms with Crippen molar-refractivity contribution in [1.82, 2.24) is 24.0 Å². The van der Waals surface area contributed by atoms with Gasteiger partial charge in [0.25, 0.3) is 5.91 Å². The molecular weight excluding hydrogens is 645 g/mol.